The van der Waals surface area contributed by atoms with E-state index in [9.17, 15) is 13.2 Å². The number of fused-ring (bicyclic) bond motifs is 1. The number of rotatable bonds is 7. The molecule has 7 nitrogen and oxygen atoms in total. The molecule has 158 valence electrons. The van der Waals surface area contributed by atoms with Crippen molar-refractivity contribution in [2.45, 2.75) is 63.0 Å². The van der Waals surface area contributed by atoms with E-state index in [4.69, 9.17) is 9.88 Å². The predicted molar refractivity (Wildman–Crippen MR) is 111 cm³/mol. The minimum absolute atomic E-state index is 0. The molecule has 0 saturated carbocycles. The van der Waals surface area contributed by atoms with E-state index in [0.717, 1.165) is 38.8 Å². The number of carbonyl (C=O) groups is 1. The number of sulfonamides is 1. The van der Waals surface area contributed by atoms with E-state index >= 15 is 0 Å². The Morgan fingerprint density at radius 1 is 1.39 bits per heavy atom. The van der Waals surface area contributed by atoms with Crippen LogP contribution in [-0.2, 0) is 16.4 Å². The van der Waals surface area contributed by atoms with Gasteiger partial charge in [-0.25, -0.2) is 13.6 Å². The summed E-state index contributed by atoms with van der Waals surface area (Å²) in [6.07, 6.45) is 4.97. The number of nitrogens with one attached hydrogen (secondary N) is 1. The average molecular weight is 432 g/mol. The molecule has 2 aliphatic rings. The van der Waals surface area contributed by atoms with Gasteiger partial charge in [-0.15, -0.1) is 12.4 Å². The van der Waals surface area contributed by atoms with Gasteiger partial charge in [0, 0.05) is 19.0 Å². The van der Waals surface area contributed by atoms with Crippen LogP contribution in [0.15, 0.2) is 17.0 Å². The molecule has 2 aliphatic heterocycles. The molecule has 0 bridgehead atoms. The van der Waals surface area contributed by atoms with Gasteiger partial charge in [0.15, 0.2) is 0 Å². The van der Waals surface area contributed by atoms with Gasteiger partial charge in [0.1, 0.15) is 11.9 Å². The lowest BCUT2D eigenvalue weighted by molar-refractivity contribution is 0.0935. The van der Waals surface area contributed by atoms with Crippen LogP contribution in [0.4, 0.5) is 0 Å². The fraction of sp³-hybridized carbons (Fsp3) is 0.632. The average Bonchev–Trinajstić information content (AvgIpc) is 3.20. The molecule has 0 spiro atoms. The first-order valence-corrected chi connectivity index (χ1v) is 11.2. The topological polar surface area (TPSA) is 102 Å². The van der Waals surface area contributed by atoms with Gasteiger partial charge in [-0.2, -0.15) is 0 Å². The lowest BCUT2D eigenvalue weighted by Crippen LogP contribution is -2.40. The number of carbonyl (C=O) groups excluding carboxylic acids is 1. The zero-order chi connectivity index (χ0) is 19.6. The van der Waals surface area contributed by atoms with Gasteiger partial charge in [0.2, 0.25) is 10.0 Å². The van der Waals surface area contributed by atoms with E-state index < -0.39 is 10.0 Å². The molecule has 1 fully saturated rings. The molecule has 9 heteroatoms. The number of hydrogen-bond acceptors (Lipinski definition) is 5. The summed E-state index contributed by atoms with van der Waals surface area (Å²) in [6, 6.07) is 3.16. The Labute approximate surface area is 173 Å². The van der Waals surface area contributed by atoms with Crippen molar-refractivity contribution in [1.82, 2.24) is 10.2 Å². The van der Waals surface area contributed by atoms with Crippen LogP contribution in [0.3, 0.4) is 0 Å². The van der Waals surface area contributed by atoms with Gasteiger partial charge >= 0.3 is 0 Å². The summed E-state index contributed by atoms with van der Waals surface area (Å²) in [4.78, 5) is 15.2. The molecule has 1 saturated heterocycles. The van der Waals surface area contributed by atoms with E-state index in [2.05, 4.69) is 17.1 Å². The maximum absolute atomic E-state index is 12.8. The van der Waals surface area contributed by atoms with E-state index in [-0.39, 0.29) is 34.9 Å². The SMILES string of the molecule is CCCCN1CCC[C@@H]1CNC(=O)c1cc(S(N)(=O)=O)cc2c1O[C@H](C)C2.Cl. The Kier molecular flexibility index (Phi) is 7.73. The molecule has 1 amide bonds. The Morgan fingerprint density at radius 2 is 2.14 bits per heavy atom. The maximum Gasteiger partial charge on any atom is 0.255 e. The Bertz CT molecular complexity index is 816. The van der Waals surface area contributed by atoms with E-state index in [0.29, 0.717) is 30.3 Å². The lowest BCUT2D eigenvalue weighted by Gasteiger charge is -2.24. The zero-order valence-electron chi connectivity index (χ0n) is 16.4. The summed E-state index contributed by atoms with van der Waals surface area (Å²) in [6.45, 7) is 6.73. The molecular weight excluding hydrogens is 402 g/mol. The molecule has 0 radical (unpaired) electrons. The Balaban J connectivity index is 0.00000280. The molecule has 2 heterocycles. The number of nitrogens with zero attached hydrogens (tertiary/aromatic N) is 1. The highest BCUT2D eigenvalue weighted by Gasteiger charge is 2.29. The van der Waals surface area contributed by atoms with Crippen molar-refractivity contribution in [2.24, 2.45) is 5.14 Å². The first-order chi connectivity index (χ1) is 12.8. The molecule has 1 aromatic carbocycles. The molecule has 28 heavy (non-hydrogen) atoms. The fourth-order valence-electron chi connectivity index (χ4n) is 3.92. The van der Waals surface area contributed by atoms with Crippen LogP contribution in [0.25, 0.3) is 0 Å². The molecule has 3 rings (SSSR count). The molecule has 1 aromatic rings. The van der Waals surface area contributed by atoms with Gasteiger partial charge in [-0.1, -0.05) is 13.3 Å². The van der Waals surface area contributed by atoms with Crippen LogP contribution < -0.4 is 15.2 Å². The second-order valence-electron chi connectivity index (χ2n) is 7.53. The van der Waals surface area contributed by atoms with Gasteiger partial charge in [0.05, 0.1) is 10.5 Å². The van der Waals surface area contributed by atoms with E-state index in [1.54, 1.807) is 0 Å². The molecule has 0 aliphatic carbocycles. The van der Waals surface area contributed by atoms with Gasteiger partial charge in [-0.05, 0) is 57.0 Å². The standard InChI is InChI=1S/C19H29N3O4S.ClH/c1-3-4-7-22-8-5-6-15(22)12-21-19(23)17-11-16(27(20,24)25)10-14-9-13(2)26-18(14)17;/h10-11,13,15H,3-9,12H2,1-2H3,(H,21,23)(H2,20,24,25);1H/t13-,15-;/m1./s1. The van der Waals surface area contributed by atoms with E-state index in [1.165, 1.54) is 12.1 Å². The monoisotopic (exact) mass is 431 g/mol. The third-order valence-corrected chi connectivity index (χ3v) is 6.23. The first kappa shape index (κ1) is 22.9. The number of halogens is 1. The third-order valence-electron chi connectivity index (χ3n) is 5.34. The van der Waals surface area contributed by atoms with Crippen molar-refractivity contribution in [3.05, 3.63) is 23.3 Å². The molecular formula is C19H30ClN3O4S. The van der Waals surface area contributed by atoms with E-state index in [1.807, 2.05) is 6.92 Å². The number of likely N-dealkylation sites (tertiary alicyclic amines) is 1. The summed E-state index contributed by atoms with van der Waals surface area (Å²) < 4.78 is 29.4. The summed E-state index contributed by atoms with van der Waals surface area (Å²) in [7, 11) is -3.89. The quantitative estimate of drug-likeness (QED) is 0.688. The molecule has 2 atom stereocenters. The van der Waals surface area contributed by atoms with Crippen LogP contribution >= 0.6 is 12.4 Å². The number of benzene rings is 1. The number of unbranched alkanes of at least 4 members (excludes halogenated alkanes) is 1. The van der Waals surface area contributed by atoms with Gasteiger partial charge in [-0.3, -0.25) is 9.69 Å². The van der Waals surface area contributed by atoms with Crippen LogP contribution in [0.2, 0.25) is 0 Å². The number of amides is 1. The highest BCUT2D eigenvalue weighted by molar-refractivity contribution is 7.89. The van der Waals surface area contributed by atoms with Crippen LogP contribution in [0.5, 0.6) is 5.75 Å². The van der Waals surface area contributed by atoms with Crippen molar-refractivity contribution in [2.75, 3.05) is 19.6 Å². The minimum Gasteiger partial charge on any atom is -0.489 e. The van der Waals surface area contributed by atoms with Crippen molar-refractivity contribution < 1.29 is 17.9 Å². The fourth-order valence-corrected chi connectivity index (χ4v) is 4.51. The summed E-state index contributed by atoms with van der Waals surface area (Å²) in [5.41, 5.74) is 0.962. The minimum atomic E-state index is -3.89. The zero-order valence-corrected chi connectivity index (χ0v) is 18.1. The second kappa shape index (κ2) is 9.43. The third kappa shape index (κ3) is 5.17. The molecule has 0 unspecified atom stereocenters. The lowest BCUT2D eigenvalue weighted by atomic mass is 10.1. The predicted octanol–water partition coefficient (Wildman–Crippen LogP) is 2.07. The molecule has 0 aromatic heterocycles. The van der Waals surface area contributed by atoms with Crippen molar-refractivity contribution >= 4 is 28.3 Å². The molecule has 3 N–H and O–H groups in total. The first-order valence-electron chi connectivity index (χ1n) is 9.68. The Hall–Kier alpha value is -1.35. The largest absolute Gasteiger partial charge is 0.489 e. The number of primary sulfonamides is 1. The van der Waals surface area contributed by atoms with Crippen LogP contribution in [0.1, 0.15) is 55.5 Å². The Morgan fingerprint density at radius 3 is 2.82 bits per heavy atom. The number of nitrogens with two attached hydrogens (primary N) is 1. The highest BCUT2D eigenvalue weighted by atomic mass is 35.5. The van der Waals surface area contributed by atoms with Gasteiger partial charge in [0.25, 0.3) is 5.91 Å². The number of ether oxygens (including phenoxy) is 1. The smallest absolute Gasteiger partial charge is 0.255 e. The summed E-state index contributed by atoms with van der Waals surface area (Å²) >= 11 is 0. The van der Waals surface area contributed by atoms with Crippen LogP contribution in [0, 0.1) is 0 Å². The van der Waals surface area contributed by atoms with Crippen molar-refractivity contribution in [3.8, 4) is 5.75 Å². The summed E-state index contributed by atoms with van der Waals surface area (Å²) in [5, 5.41) is 8.26. The van der Waals surface area contributed by atoms with Crippen LogP contribution in [-0.4, -0.2) is 51.0 Å². The van der Waals surface area contributed by atoms with Crippen molar-refractivity contribution in [3.63, 3.8) is 0 Å². The number of hydrogen-bond donors (Lipinski definition) is 2. The van der Waals surface area contributed by atoms with Crippen molar-refractivity contribution in [1.29, 1.82) is 0 Å². The second-order valence-corrected chi connectivity index (χ2v) is 9.09. The summed E-state index contributed by atoms with van der Waals surface area (Å²) in [5.74, 6) is 0.162. The normalized spacial score (nSPS) is 21.7. The van der Waals surface area contributed by atoms with Gasteiger partial charge < -0.3 is 10.1 Å². The highest BCUT2D eigenvalue weighted by Crippen LogP contribution is 2.35. The maximum atomic E-state index is 12.8.